The molecular formula is C30H29N5O2. The molecule has 186 valence electrons. The minimum Gasteiger partial charge on any atom is -0.303 e. The van der Waals surface area contributed by atoms with Crippen LogP contribution in [0.3, 0.4) is 0 Å². The first-order valence-corrected chi connectivity index (χ1v) is 12.3. The molecule has 0 bridgehead atoms. The number of rotatable bonds is 9. The van der Waals surface area contributed by atoms with Gasteiger partial charge in [0.2, 0.25) is 5.78 Å². The van der Waals surface area contributed by atoms with E-state index >= 15 is 0 Å². The largest absolute Gasteiger partial charge is 0.303 e. The summed E-state index contributed by atoms with van der Waals surface area (Å²) in [4.78, 5) is 30.1. The highest BCUT2D eigenvalue weighted by Crippen LogP contribution is 2.25. The van der Waals surface area contributed by atoms with Crippen molar-refractivity contribution in [2.45, 2.75) is 26.3 Å². The zero-order valence-corrected chi connectivity index (χ0v) is 21.2. The number of hydrogen-bond acceptors (Lipinski definition) is 5. The molecule has 37 heavy (non-hydrogen) atoms. The first-order chi connectivity index (χ1) is 17.9. The summed E-state index contributed by atoms with van der Waals surface area (Å²) in [6.07, 6.45) is 6.51. The van der Waals surface area contributed by atoms with Gasteiger partial charge in [0.1, 0.15) is 11.5 Å². The third-order valence-corrected chi connectivity index (χ3v) is 6.60. The van der Waals surface area contributed by atoms with Crippen molar-refractivity contribution in [1.29, 1.82) is 0 Å². The number of ketones is 2. The van der Waals surface area contributed by atoms with Crippen LogP contribution in [0.4, 0.5) is 0 Å². The minimum absolute atomic E-state index is 0.0505. The summed E-state index contributed by atoms with van der Waals surface area (Å²) in [6.45, 7) is 4.07. The van der Waals surface area contributed by atoms with Crippen LogP contribution in [0.15, 0.2) is 85.3 Å². The average molecular weight is 492 g/mol. The van der Waals surface area contributed by atoms with Crippen LogP contribution in [-0.4, -0.2) is 37.3 Å². The van der Waals surface area contributed by atoms with E-state index in [1.807, 2.05) is 104 Å². The van der Waals surface area contributed by atoms with Crippen molar-refractivity contribution in [3.8, 4) is 11.1 Å². The molecular weight excluding hydrogens is 462 g/mol. The number of hydrogen-bond donors (Lipinski definition) is 1. The van der Waals surface area contributed by atoms with Crippen LogP contribution >= 0.6 is 0 Å². The van der Waals surface area contributed by atoms with Crippen molar-refractivity contribution in [1.82, 2.24) is 24.5 Å². The molecule has 0 amide bonds. The predicted octanol–water partition coefficient (Wildman–Crippen LogP) is 5.00. The van der Waals surface area contributed by atoms with Gasteiger partial charge in [0.15, 0.2) is 5.78 Å². The maximum atomic E-state index is 13.9. The first-order valence-electron chi connectivity index (χ1n) is 12.3. The Morgan fingerprint density at radius 1 is 0.946 bits per heavy atom. The molecule has 0 aliphatic heterocycles. The van der Waals surface area contributed by atoms with Crippen molar-refractivity contribution < 1.29 is 9.59 Å². The summed E-state index contributed by atoms with van der Waals surface area (Å²) >= 11 is 0. The normalized spacial score (nSPS) is 12.1. The Kier molecular flexibility index (Phi) is 6.79. The van der Waals surface area contributed by atoms with Gasteiger partial charge in [-0.05, 0) is 37.5 Å². The van der Waals surface area contributed by atoms with E-state index in [4.69, 9.17) is 0 Å². The number of benzene rings is 2. The van der Waals surface area contributed by atoms with E-state index in [2.05, 4.69) is 15.4 Å². The van der Waals surface area contributed by atoms with Crippen molar-refractivity contribution in [3.63, 3.8) is 0 Å². The van der Waals surface area contributed by atoms with E-state index in [0.29, 0.717) is 17.8 Å². The van der Waals surface area contributed by atoms with E-state index in [9.17, 15) is 9.59 Å². The zero-order valence-electron chi connectivity index (χ0n) is 21.2. The zero-order chi connectivity index (χ0) is 25.9. The topological polar surface area (TPSA) is 81.3 Å². The quantitative estimate of drug-likeness (QED) is 0.294. The van der Waals surface area contributed by atoms with Crippen molar-refractivity contribution in [2.75, 3.05) is 6.54 Å². The lowest BCUT2D eigenvalue weighted by atomic mass is 9.99. The van der Waals surface area contributed by atoms with Crippen LogP contribution in [0.25, 0.3) is 16.6 Å². The number of aryl methyl sites for hydroxylation is 2. The number of nitrogens with one attached hydrogen (secondary N) is 1. The second-order valence-corrected chi connectivity index (χ2v) is 9.25. The summed E-state index contributed by atoms with van der Waals surface area (Å²) in [5.41, 5.74) is 5.93. The van der Waals surface area contributed by atoms with E-state index in [1.54, 1.807) is 11.6 Å². The molecule has 5 rings (SSSR count). The highest BCUT2D eigenvalue weighted by atomic mass is 16.1. The third kappa shape index (κ3) is 5.13. The molecule has 2 aromatic carbocycles. The van der Waals surface area contributed by atoms with Crippen molar-refractivity contribution >= 4 is 17.1 Å². The van der Waals surface area contributed by atoms with Crippen LogP contribution in [0, 0.1) is 6.92 Å². The Morgan fingerprint density at radius 2 is 1.70 bits per heavy atom. The summed E-state index contributed by atoms with van der Waals surface area (Å²) in [5.74, 6) is 0.730. The minimum atomic E-state index is -0.534. The van der Waals surface area contributed by atoms with Gasteiger partial charge >= 0.3 is 0 Å². The number of carbonyl (C=O) groups is 2. The van der Waals surface area contributed by atoms with E-state index in [-0.39, 0.29) is 11.6 Å². The molecule has 7 nitrogen and oxygen atoms in total. The number of pyridine rings is 1. The second kappa shape index (κ2) is 10.3. The predicted molar refractivity (Wildman–Crippen MR) is 144 cm³/mol. The summed E-state index contributed by atoms with van der Waals surface area (Å²) in [7, 11) is 1.89. The number of fused-ring (bicyclic) bond motifs is 1. The van der Waals surface area contributed by atoms with Gasteiger partial charge in [-0.25, -0.2) is 4.98 Å². The lowest BCUT2D eigenvalue weighted by Gasteiger charge is -2.18. The maximum absolute atomic E-state index is 13.9. The van der Waals surface area contributed by atoms with Gasteiger partial charge in [-0.15, -0.1) is 0 Å². The average Bonchev–Trinajstić information content (AvgIpc) is 3.50. The number of imidazole rings is 1. The SMILES string of the molecule is CC(=O)c1ccc(CCN[C@H](C(=O)c2nc(C)n3cc(-c4cnn(C)c4)ccc23)c2ccccc2)cc1. The molecule has 0 saturated heterocycles. The van der Waals surface area contributed by atoms with E-state index < -0.39 is 6.04 Å². The van der Waals surface area contributed by atoms with Crippen molar-refractivity contribution in [2.24, 2.45) is 7.05 Å². The van der Waals surface area contributed by atoms with Crippen LogP contribution in [-0.2, 0) is 13.5 Å². The van der Waals surface area contributed by atoms with Gasteiger partial charge in [-0.3, -0.25) is 14.3 Å². The van der Waals surface area contributed by atoms with E-state index in [0.717, 1.165) is 40.0 Å². The molecule has 0 unspecified atom stereocenters. The molecule has 7 heteroatoms. The van der Waals surface area contributed by atoms with Gasteiger partial charge in [-0.1, -0.05) is 60.7 Å². The van der Waals surface area contributed by atoms with Gasteiger partial charge in [-0.2, -0.15) is 5.10 Å². The first kappa shape index (κ1) is 24.3. The monoisotopic (exact) mass is 491 g/mol. The summed E-state index contributed by atoms with van der Waals surface area (Å²) in [5, 5.41) is 7.72. The molecule has 1 N–H and O–H groups in total. The number of Topliss-reactive ketones (excluding diaryl/α,β-unsaturated/α-hetero) is 2. The molecule has 0 radical (unpaired) electrons. The fraction of sp³-hybridized carbons (Fsp3) is 0.200. The van der Waals surface area contributed by atoms with Gasteiger partial charge in [0, 0.05) is 42.7 Å². The molecule has 0 aliphatic carbocycles. The highest BCUT2D eigenvalue weighted by Gasteiger charge is 2.26. The second-order valence-electron chi connectivity index (χ2n) is 9.25. The van der Waals surface area contributed by atoms with Crippen molar-refractivity contribution in [3.05, 3.63) is 114 Å². The molecule has 0 aliphatic rings. The Labute approximate surface area is 215 Å². The van der Waals surface area contributed by atoms with E-state index in [1.165, 1.54) is 0 Å². The van der Waals surface area contributed by atoms with Crippen LogP contribution in [0.2, 0.25) is 0 Å². The highest BCUT2D eigenvalue weighted by molar-refractivity contribution is 6.04. The molecule has 0 saturated carbocycles. The lowest BCUT2D eigenvalue weighted by molar-refractivity contribution is 0.0939. The smallest absolute Gasteiger partial charge is 0.204 e. The molecule has 0 spiro atoms. The van der Waals surface area contributed by atoms with Crippen LogP contribution in [0.1, 0.15) is 50.8 Å². The Hall–Kier alpha value is -4.36. The molecule has 0 fully saturated rings. The lowest BCUT2D eigenvalue weighted by Crippen LogP contribution is -2.30. The van der Waals surface area contributed by atoms with Gasteiger partial charge < -0.3 is 9.72 Å². The molecule has 1 atom stereocenters. The van der Waals surface area contributed by atoms with Gasteiger partial charge in [0.25, 0.3) is 0 Å². The Bertz CT molecular complexity index is 1570. The number of aromatic nitrogens is 4. The summed E-state index contributed by atoms with van der Waals surface area (Å²) < 4.78 is 3.73. The maximum Gasteiger partial charge on any atom is 0.204 e. The van der Waals surface area contributed by atoms with Gasteiger partial charge in [0.05, 0.1) is 17.8 Å². The van der Waals surface area contributed by atoms with Crippen LogP contribution in [0.5, 0.6) is 0 Å². The number of nitrogens with zero attached hydrogens (tertiary/aromatic N) is 4. The number of carbonyl (C=O) groups excluding carboxylic acids is 2. The third-order valence-electron chi connectivity index (χ3n) is 6.60. The standard InChI is InChI=1S/C30H29N5O2/c1-20(36)23-11-9-22(10-12-23)15-16-31-28(24-7-5-4-6-8-24)30(37)29-27-14-13-25(19-35(27)21(2)33-29)26-17-32-34(3)18-26/h4-14,17-19,28,31H,15-16H2,1-3H3/t28-/m0/s1. The fourth-order valence-corrected chi connectivity index (χ4v) is 4.57. The molecule has 3 aromatic heterocycles. The Morgan fingerprint density at radius 3 is 2.38 bits per heavy atom. The molecule has 5 aromatic rings. The Balaban J connectivity index is 1.41. The molecule has 3 heterocycles. The van der Waals surface area contributed by atoms with Crippen LogP contribution < -0.4 is 5.32 Å². The summed E-state index contributed by atoms with van der Waals surface area (Å²) in [6, 6.07) is 20.8. The fourth-order valence-electron chi connectivity index (χ4n) is 4.57.